The van der Waals surface area contributed by atoms with Crippen LogP contribution in [-0.4, -0.2) is 35.6 Å². The van der Waals surface area contributed by atoms with Gasteiger partial charge in [0.2, 0.25) is 5.91 Å². The Bertz CT molecular complexity index is 966. The highest BCUT2D eigenvalue weighted by Gasteiger charge is 2.10. The van der Waals surface area contributed by atoms with Crippen LogP contribution in [0.2, 0.25) is 5.02 Å². The first kappa shape index (κ1) is 21.0. The van der Waals surface area contributed by atoms with Gasteiger partial charge in [0, 0.05) is 10.6 Å². The lowest BCUT2D eigenvalue weighted by Crippen LogP contribution is -2.14. The summed E-state index contributed by atoms with van der Waals surface area (Å²) in [5.74, 6) is 1.37. The summed E-state index contributed by atoms with van der Waals surface area (Å²) in [5.41, 5.74) is 2.23. The standard InChI is InChI=1S/C21H20ClN3O3S/c1-3-28-16-7-4-14(5-8-16)17-9-11-21(25-24-17)29-13-20(26)23-18-12-15(22)6-10-19(18)27-2/h4-12H,3,13H2,1-2H3,(H,23,26). The van der Waals surface area contributed by atoms with Gasteiger partial charge in [-0.05, 0) is 61.5 Å². The van der Waals surface area contributed by atoms with Crippen LogP contribution in [0.5, 0.6) is 11.5 Å². The normalized spacial score (nSPS) is 10.4. The highest BCUT2D eigenvalue weighted by Crippen LogP contribution is 2.28. The number of hydrogen-bond acceptors (Lipinski definition) is 6. The molecule has 2 aromatic carbocycles. The van der Waals surface area contributed by atoms with Crippen molar-refractivity contribution in [1.82, 2.24) is 10.2 Å². The zero-order valence-electron chi connectivity index (χ0n) is 16.0. The molecule has 0 fully saturated rings. The number of carbonyl (C=O) groups is 1. The molecule has 0 aliphatic carbocycles. The number of thioether (sulfide) groups is 1. The summed E-state index contributed by atoms with van der Waals surface area (Å²) in [6.07, 6.45) is 0. The number of hydrogen-bond donors (Lipinski definition) is 1. The number of halogens is 1. The van der Waals surface area contributed by atoms with E-state index in [1.54, 1.807) is 18.2 Å². The molecular weight excluding hydrogens is 410 g/mol. The van der Waals surface area contributed by atoms with Gasteiger partial charge < -0.3 is 14.8 Å². The van der Waals surface area contributed by atoms with E-state index in [1.807, 2.05) is 43.3 Å². The molecule has 0 saturated heterocycles. The molecule has 0 radical (unpaired) electrons. The van der Waals surface area contributed by atoms with Crippen molar-refractivity contribution in [3.05, 3.63) is 59.6 Å². The highest BCUT2D eigenvalue weighted by atomic mass is 35.5. The third kappa shape index (κ3) is 5.85. The van der Waals surface area contributed by atoms with E-state index in [0.717, 1.165) is 17.0 Å². The van der Waals surface area contributed by atoms with Crippen LogP contribution < -0.4 is 14.8 Å². The molecule has 1 aromatic heterocycles. The Morgan fingerprint density at radius 1 is 1.10 bits per heavy atom. The SMILES string of the molecule is CCOc1ccc(-c2ccc(SCC(=O)Nc3cc(Cl)ccc3OC)nn2)cc1. The largest absolute Gasteiger partial charge is 0.495 e. The third-order valence-corrected chi connectivity index (χ3v) is 5.04. The van der Waals surface area contributed by atoms with Crippen molar-refractivity contribution in [3.63, 3.8) is 0 Å². The Labute approximate surface area is 178 Å². The van der Waals surface area contributed by atoms with E-state index < -0.39 is 0 Å². The summed E-state index contributed by atoms with van der Waals surface area (Å²) in [4.78, 5) is 12.2. The van der Waals surface area contributed by atoms with Crippen molar-refractivity contribution < 1.29 is 14.3 Å². The zero-order chi connectivity index (χ0) is 20.6. The van der Waals surface area contributed by atoms with Crippen LogP contribution in [-0.2, 0) is 4.79 Å². The average molecular weight is 430 g/mol. The first-order valence-corrected chi connectivity index (χ1v) is 10.3. The Kier molecular flexibility index (Phi) is 7.32. The maximum atomic E-state index is 12.2. The Morgan fingerprint density at radius 3 is 2.55 bits per heavy atom. The molecule has 3 aromatic rings. The highest BCUT2D eigenvalue weighted by molar-refractivity contribution is 7.99. The van der Waals surface area contributed by atoms with Crippen LogP contribution in [0.4, 0.5) is 5.69 Å². The number of ether oxygens (including phenoxy) is 2. The van der Waals surface area contributed by atoms with Gasteiger partial charge in [-0.25, -0.2) is 0 Å². The topological polar surface area (TPSA) is 73.3 Å². The molecular formula is C21H20ClN3O3S. The monoisotopic (exact) mass is 429 g/mol. The molecule has 0 aliphatic heterocycles. The molecule has 6 nitrogen and oxygen atoms in total. The van der Waals surface area contributed by atoms with Crippen LogP contribution in [0, 0.1) is 0 Å². The number of rotatable bonds is 8. The maximum absolute atomic E-state index is 12.2. The third-order valence-electron chi connectivity index (χ3n) is 3.89. The fourth-order valence-electron chi connectivity index (χ4n) is 2.54. The number of carbonyl (C=O) groups excluding carboxylic acids is 1. The predicted molar refractivity (Wildman–Crippen MR) is 116 cm³/mol. The van der Waals surface area contributed by atoms with Gasteiger partial charge in [-0.2, -0.15) is 0 Å². The molecule has 1 N–H and O–H groups in total. The van der Waals surface area contributed by atoms with E-state index in [2.05, 4.69) is 15.5 Å². The fraction of sp³-hybridized carbons (Fsp3) is 0.190. The van der Waals surface area contributed by atoms with Crippen molar-refractivity contribution in [2.75, 3.05) is 24.8 Å². The van der Waals surface area contributed by atoms with Gasteiger partial charge in [-0.1, -0.05) is 23.4 Å². The number of aromatic nitrogens is 2. The molecule has 0 atom stereocenters. The molecule has 150 valence electrons. The zero-order valence-corrected chi connectivity index (χ0v) is 17.6. The number of benzene rings is 2. The second kappa shape index (κ2) is 10.1. The minimum atomic E-state index is -0.187. The van der Waals surface area contributed by atoms with Crippen molar-refractivity contribution >= 4 is 35.0 Å². The van der Waals surface area contributed by atoms with E-state index in [0.29, 0.717) is 28.1 Å². The quantitative estimate of drug-likeness (QED) is 0.511. The minimum absolute atomic E-state index is 0.187. The maximum Gasteiger partial charge on any atom is 0.234 e. The number of nitrogens with zero attached hydrogens (tertiary/aromatic N) is 2. The summed E-state index contributed by atoms with van der Waals surface area (Å²) >= 11 is 7.28. The summed E-state index contributed by atoms with van der Waals surface area (Å²) in [7, 11) is 1.54. The lowest BCUT2D eigenvalue weighted by molar-refractivity contribution is -0.113. The van der Waals surface area contributed by atoms with Gasteiger partial charge in [0.1, 0.15) is 16.5 Å². The fourth-order valence-corrected chi connectivity index (χ4v) is 3.33. The van der Waals surface area contributed by atoms with E-state index in [4.69, 9.17) is 21.1 Å². The van der Waals surface area contributed by atoms with Gasteiger partial charge in [0.05, 0.1) is 30.9 Å². The predicted octanol–water partition coefficient (Wildman–Crippen LogP) is 4.94. The molecule has 0 saturated carbocycles. The van der Waals surface area contributed by atoms with E-state index >= 15 is 0 Å². The van der Waals surface area contributed by atoms with Crippen LogP contribution in [0.1, 0.15) is 6.92 Å². The Hall–Kier alpha value is -2.77. The smallest absolute Gasteiger partial charge is 0.234 e. The summed E-state index contributed by atoms with van der Waals surface area (Å²) < 4.78 is 10.7. The molecule has 0 bridgehead atoms. The number of methoxy groups -OCH3 is 1. The molecule has 0 aliphatic rings. The number of anilines is 1. The lowest BCUT2D eigenvalue weighted by Gasteiger charge is -2.10. The van der Waals surface area contributed by atoms with Gasteiger partial charge in [-0.3, -0.25) is 4.79 Å². The molecule has 1 heterocycles. The first-order chi connectivity index (χ1) is 14.1. The van der Waals surface area contributed by atoms with E-state index in [-0.39, 0.29) is 11.7 Å². The van der Waals surface area contributed by atoms with E-state index in [1.165, 1.54) is 18.9 Å². The van der Waals surface area contributed by atoms with Gasteiger partial charge in [0.15, 0.2) is 0 Å². The van der Waals surface area contributed by atoms with Crippen LogP contribution >= 0.6 is 23.4 Å². The molecule has 3 rings (SSSR count). The van der Waals surface area contributed by atoms with Gasteiger partial charge in [-0.15, -0.1) is 10.2 Å². The van der Waals surface area contributed by atoms with Crippen LogP contribution in [0.25, 0.3) is 11.3 Å². The number of amides is 1. The second-order valence-electron chi connectivity index (χ2n) is 5.90. The molecule has 0 unspecified atom stereocenters. The molecule has 8 heteroatoms. The number of nitrogens with one attached hydrogen (secondary N) is 1. The summed E-state index contributed by atoms with van der Waals surface area (Å²) in [6, 6.07) is 16.5. The molecule has 29 heavy (non-hydrogen) atoms. The lowest BCUT2D eigenvalue weighted by atomic mass is 10.1. The Morgan fingerprint density at radius 2 is 1.90 bits per heavy atom. The molecule has 0 spiro atoms. The van der Waals surface area contributed by atoms with Crippen molar-refractivity contribution in [3.8, 4) is 22.8 Å². The van der Waals surface area contributed by atoms with Gasteiger partial charge >= 0.3 is 0 Å². The minimum Gasteiger partial charge on any atom is -0.495 e. The van der Waals surface area contributed by atoms with Gasteiger partial charge in [0.25, 0.3) is 0 Å². The van der Waals surface area contributed by atoms with E-state index in [9.17, 15) is 4.79 Å². The Balaban J connectivity index is 1.57. The first-order valence-electron chi connectivity index (χ1n) is 8.92. The van der Waals surface area contributed by atoms with Crippen molar-refractivity contribution in [1.29, 1.82) is 0 Å². The summed E-state index contributed by atoms with van der Waals surface area (Å²) in [5, 5.41) is 12.4. The average Bonchev–Trinajstić information content (AvgIpc) is 2.74. The van der Waals surface area contributed by atoms with Crippen LogP contribution in [0.3, 0.4) is 0 Å². The summed E-state index contributed by atoms with van der Waals surface area (Å²) in [6.45, 7) is 2.57. The molecule has 1 amide bonds. The second-order valence-corrected chi connectivity index (χ2v) is 7.33. The van der Waals surface area contributed by atoms with Crippen LogP contribution in [0.15, 0.2) is 59.6 Å². The van der Waals surface area contributed by atoms with Crippen molar-refractivity contribution in [2.45, 2.75) is 11.9 Å². The van der Waals surface area contributed by atoms with Crippen molar-refractivity contribution in [2.24, 2.45) is 0 Å².